The lowest BCUT2D eigenvalue weighted by Crippen LogP contribution is -2.12. The summed E-state index contributed by atoms with van der Waals surface area (Å²) in [6.07, 6.45) is 19.8. The number of aliphatic imine (C=N–C) groups is 2. The highest BCUT2D eigenvalue weighted by Gasteiger charge is 2.18. The third-order valence-corrected chi connectivity index (χ3v) is 5.28. The van der Waals surface area contributed by atoms with Gasteiger partial charge in [-0.2, -0.15) is 0 Å². The maximum atomic E-state index is 13.7. The van der Waals surface area contributed by atoms with Crippen LogP contribution >= 0.6 is 0 Å². The molecule has 6 heteroatoms. The van der Waals surface area contributed by atoms with E-state index < -0.39 is 0 Å². The highest BCUT2D eigenvalue weighted by Crippen LogP contribution is 2.27. The molecule has 36 heavy (non-hydrogen) atoms. The van der Waals surface area contributed by atoms with Crippen molar-refractivity contribution < 1.29 is 4.39 Å². The Morgan fingerprint density at radius 3 is 2.56 bits per heavy atom. The molecule has 0 bridgehead atoms. The smallest absolute Gasteiger partial charge is 0.223 e. The Labute approximate surface area is 215 Å². The second kappa shape index (κ2) is 16.9. The van der Waals surface area contributed by atoms with Crippen molar-refractivity contribution in [2.24, 2.45) is 9.98 Å². The number of halogens is 1. The van der Waals surface area contributed by atoms with Gasteiger partial charge >= 0.3 is 0 Å². The van der Waals surface area contributed by atoms with Gasteiger partial charge in [0, 0.05) is 30.9 Å². The molecule has 0 saturated heterocycles. The van der Waals surface area contributed by atoms with Crippen molar-refractivity contribution in [2.75, 3.05) is 25.5 Å². The molecule has 0 unspecified atom stereocenters. The number of nitrogens with zero attached hydrogens (tertiary/aromatic N) is 4. The van der Waals surface area contributed by atoms with E-state index in [0.717, 1.165) is 53.8 Å². The predicted molar refractivity (Wildman–Crippen MR) is 153 cm³/mol. The van der Waals surface area contributed by atoms with Crippen LogP contribution in [-0.4, -0.2) is 42.0 Å². The van der Waals surface area contributed by atoms with E-state index in [4.69, 9.17) is 4.98 Å². The van der Waals surface area contributed by atoms with Crippen molar-refractivity contribution in [3.8, 4) is 0 Å². The molecule has 0 fully saturated rings. The summed E-state index contributed by atoms with van der Waals surface area (Å²) in [7, 11) is 1.76. The van der Waals surface area contributed by atoms with Gasteiger partial charge in [-0.25, -0.2) is 14.4 Å². The number of benzene rings is 1. The average Bonchev–Trinajstić information content (AvgIpc) is 2.89. The zero-order valence-electron chi connectivity index (χ0n) is 21.9. The Hall–Kier alpha value is -3.67. The van der Waals surface area contributed by atoms with E-state index >= 15 is 0 Å². The quantitative estimate of drug-likeness (QED) is 0.132. The van der Waals surface area contributed by atoms with Crippen LogP contribution in [0.3, 0.4) is 0 Å². The van der Waals surface area contributed by atoms with Gasteiger partial charge in [0.1, 0.15) is 5.82 Å². The van der Waals surface area contributed by atoms with Crippen molar-refractivity contribution in [3.05, 3.63) is 95.6 Å². The number of rotatable bonds is 14. The predicted octanol–water partition coefficient (Wildman–Crippen LogP) is 7.26. The summed E-state index contributed by atoms with van der Waals surface area (Å²) in [5.41, 5.74) is 4.39. The molecule has 1 aromatic carbocycles. The number of aromatic nitrogens is 2. The Balaban J connectivity index is 2.40. The SMILES string of the molecule is C\C=C/C=C\C(CCC)=C(\C(=NC)c1ccc(F)cc1)c1ccnc(NCCN=CCC/C=C\C)n1. The second-order valence-corrected chi connectivity index (χ2v) is 8.04. The lowest BCUT2D eigenvalue weighted by molar-refractivity contribution is 0.628. The zero-order chi connectivity index (χ0) is 26.0. The molecular weight excluding hydrogens is 449 g/mol. The number of anilines is 1. The minimum Gasteiger partial charge on any atom is -0.352 e. The van der Waals surface area contributed by atoms with Crippen LogP contribution in [0.5, 0.6) is 0 Å². The van der Waals surface area contributed by atoms with Gasteiger partial charge in [-0.15, -0.1) is 0 Å². The molecule has 0 aliphatic carbocycles. The molecule has 5 nitrogen and oxygen atoms in total. The van der Waals surface area contributed by atoms with Crippen LogP contribution in [0.1, 0.15) is 57.7 Å². The van der Waals surface area contributed by atoms with E-state index in [1.165, 1.54) is 12.1 Å². The normalized spacial score (nSPS) is 13.4. The van der Waals surface area contributed by atoms with Crippen LogP contribution < -0.4 is 5.32 Å². The average molecular weight is 488 g/mol. The van der Waals surface area contributed by atoms with Gasteiger partial charge in [-0.3, -0.25) is 9.98 Å². The summed E-state index contributed by atoms with van der Waals surface area (Å²) in [6, 6.07) is 8.32. The first-order valence-corrected chi connectivity index (χ1v) is 12.6. The van der Waals surface area contributed by atoms with E-state index in [0.29, 0.717) is 19.0 Å². The van der Waals surface area contributed by atoms with Crippen molar-refractivity contribution in [1.29, 1.82) is 0 Å². The number of unbranched alkanes of at least 4 members (excludes halogenated alkanes) is 1. The maximum absolute atomic E-state index is 13.7. The fourth-order valence-corrected chi connectivity index (χ4v) is 3.61. The lowest BCUT2D eigenvalue weighted by Gasteiger charge is -2.16. The van der Waals surface area contributed by atoms with Crippen molar-refractivity contribution in [3.63, 3.8) is 0 Å². The Morgan fingerprint density at radius 2 is 1.86 bits per heavy atom. The largest absolute Gasteiger partial charge is 0.352 e. The molecule has 0 aliphatic heterocycles. The number of hydrogen-bond acceptors (Lipinski definition) is 5. The van der Waals surface area contributed by atoms with Gasteiger partial charge in [0.2, 0.25) is 5.95 Å². The Morgan fingerprint density at radius 1 is 1.06 bits per heavy atom. The first kappa shape index (κ1) is 28.6. The van der Waals surface area contributed by atoms with Gasteiger partial charge in [0.25, 0.3) is 0 Å². The fraction of sp³-hybridized carbons (Fsp3) is 0.333. The van der Waals surface area contributed by atoms with Crippen molar-refractivity contribution in [1.82, 2.24) is 9.97 Å². The standard InChI is InChI=1S/C30H38FN5/c1-5-8-10-12-20-33-22-23-35-30-34-21-19-27(36-30)28(24(13-7-3)14-11-9-6-2)29(32-4)25-15-17-26(31)18-16-25/h5-6,8-9,11,14-21H,7,10,12-13,22-23H2,1-4H3,(H,34,35,36)/b8-5-,9-6-,14-11-,28-24+,32-29?,33-20?. The molecule has 0 aliphatic rings. The van der Waals surface area contributed by atoms with Crippen LogP contribution in [0, 0.1) is 5.82 Å². The van der Waals surface area contributed by atoms with Gasteiger partial charge in [-0.05, 0) is 75.2 Å². The Bertz CT molecular complexity index is 1110. The highest BCUT2D eigenvalue weighted by molar-refractivity contribution is 6.32. The summed E-state index contributed by atoms with van der Waals surface area (Å²) < 4.78 is 13.7. The zero-order valence-corrected chi connectivity index (χ0v) is 21.9. The fourth-order valence-electron chi connectivity index (χ4n) is 3.61. The van der Waals surface area contributed by atoms with Gasteiger partial charge < -0.3 is 5.32 Å². The molecular formula is C30H38FN5. The van der Waals surface area contributed by atoms with Crippen molar-refractivity contribution in [2.45, 2.75) is 46.5 Å². The summed E-state index contributed by atoms with van der Waals surface area (Å²) in [5.74, 6) is 0.261. The summed E-state index contributed by atoms with van der Waals surface area (Å²) >= 11 is 0. The molecule has 2 aromatic rings. The molecule has 0 spiro atoms. The molecule has 0 atom stereocenters. The second-order valence-electron chi connectivity index (χ2n) is 8.04. The molecule has 0 radical (unpaired) electrons. The van der Waals surface area contributed by atoms with E-state index in [1.807, 2.05) is 44.4 Å². The maximum Gasteiger partial charge on any atom is 0.223 e. The van der Waals surface area contributed by atoms with Crippen LogP contribution in [0.4, 0.5) is 10.3 Å². The van der Waals surface area contributed by atoms with E-state index in [-0.39, 0.29) is 5.82 Å². The van der Waals surface area contributed by atoms with Crippen molar-refractivity contribution >= 4 is 23.4 Å². The monoisotopic (exact) mass is 487 g/mol. The molecule has 0 amide bonds. The van der Waals surface area contributed by atoms with Crippen LogP contribution in [0.2, 0.25) is 0 Å². The summed E-state index contributed by atoms with van der Waals surface area (Å²) in [5, 5.41) is 3.28. The van der Waals surface area contributed by atoms with Crippen LogP contribution in [-0.2, 0) is 0 Å². The Kier molecular flexibility index (Phi) is 13.4. The first-order chi connectivity index (χ1) is 17.6. The highest BCUT2D eigenvalue weighted by atomic mass is 19.1. The van der Waals surface area contributed by atoms with E-state index in [1.54, 1.807) is 25.4 Å². The van der Waals surface area contributed by atoms with Gasteiger partial charge in [-0.1, -0.05) is 49.8 Å². The van der Waals surface area contributed by atoms with E-state index in [2.05, 4.69) is 45.4 Å². The lowest BCUT2D eigenvalue weighted by atomic mass is 9.92. The van der Waals surface area contributed by atoms with Crippen LogP contribution in [0.15, 0.2) is 88.5 Å². The van der Waals surface area contributed by atoms with Gasteiger partial charge in [0.05, 0.1) is 18.0 Å². The topological polar surface area (TPSA) is 62.5 Å². The molecule has 1 aromatic heterocycles. The third-order valence-electron chi connectivity index (χ3n) is 5.28. The minimum absolute atomic E-state index is 0.278. The van der Waals surface area contributed by atoms with E-state index in [9.17, 15) is 4.39 Å². The molecule has 1 N–H and O–H groups in total. The minimum atomic E-state index is -0.278. The first-order valence-electron chi connectivity index (χ1n) is 12.6. The number of allylic oxidation sites excluding steroid dienone is 8. The third kappa shape index (κ3) is 9.53. The van der Waals surface area contributed by atoms with Crippen LogP contribution in [0.25, 0.3) is 5.57 Å². The molecule has 190 valence electrons. The van der Waals surface area contributed by atoms with Gasteiger partial charge in [0.15, 0.2) is 0 Å². The molecule has 0 saturated carbocycles. The summed E-state index contributed by atoms with van der Waals surface area (Å²) in [4.78, 5) is 18.3. The molecule has 2 rings (SSSR count). The number of hydrogen-bond donors (Lipinski definition) is 1. The molecule has 1 heterocycles. The summed E-state index contributed by atoms with van der Waals surface area (Å²) in [6.45, 7) is 7.44. The number of nitrogens with one attached hydrogen (secondary N) is 1.